The van der Waals surface area contributed by atoms with Gasteiger partial charge in [-0.1, -0.05) is 47.5 Å². The van der Waals surface area contributed by atoms with Crippen molar-refractivity contribution in [2.24, 2.45) is 0 Å². The van der Waals surface area contributed by atoms with Crippen LogP contribution in [0, 0.1) is 6.92 Å². The summed E-state index contributed by atoms with van der Waals surface area (Å²) in [4.78, 5) is 12.6. The Balaban J connectivity index is 2.39. The van der Waals surface area contributed by atoms with E-state index in [0.29, 0.717) is 26.9 Å². The SMILES string of the molecule is Cc1ccccc1-c1c(Cl)nc2nccnc2c1Cl. The molecule has 0 aliphatic rings. The number of aryl methyl sites for hydroxylation is 1. The smallest absolute Gasteiger partial charge is 0.181 e. The number of hydrogen-bond acceptors (Lipinski definition) is 3. The fourth-order valence-electron chi connectivity index (χ4n) is 2.01. The van der Waals surface area contributed by atoms with E-state index >= 15 is 0 Å². The normalized spacial score (nSPS) is 10.9. The average molecular weight is 290 g/mol. The molecule has 0 aliphatic heterocycles. The van der Waals surface area contributed by atoms with E-state index in [-0.39, 0.29) is 0 Å². The lowest BCUT2D eigenvalue weighted by Crippen LogP contribution is -1.94. The fourth-order valence-corrected chi connectivity index (χ4v) is 2.66. The van der Waals surface area contributed by atoms with Gasteiger partial charge in [0.05, 0.1) is 5.02 Å². The lowest BCUT2D eigenvalue weighted by atomic mass is 10.0. The summed E-state index contributed by atoms with van der Waals surface area (Å²) in [5.41, 5.74) is 3.75. The van der Waals surface area contributed by atoms with E-state index in [1.54, 1.807) is 12.4 Å². The van der Waals surface area contributed by atoms with Gasteiger partial charge in [0.2, 0.25) is 0 Å². The van der Waals surface area contributed by atoms with Gasteiger partial charge in [-0.15, -0.1) is 0 Å². The maximum absolute atomic E-state index is 6.43. The number of nitrogens with zero attached hydrogens (tertiary/aromatic N) is 3. The van der Waals surface area contributed by atoms with Crippen LogP contribution in [0.5, 0.6) is 0 Å². The van der Waals surface area contributed by atoms with Crippen LogP contribution in [0.4, 0.5) is 0 Å². The Morgan fingerprint density at radius 2 is 1.74 bits per heavy atom. The van der Waals surface area contributed by atoms with E-state index in [9.17, 15) is 0 Å². The zero-order valence-corrected chi connectivity index (χ0v) is 11.6. The van der Waals surface area contributed by atoms with Crippen LogP contribution in [0.3, 0.4) is 0 Å². The second kappa shape index (κ2) is 4.76. The fraction of sp³-hybridized carbons (Fsp3) is 0.0714. The van der Waals surface area contributed by atoms with Crippen LogP contribution in [0.2, 0.25) is 10.2 Å². The highest BCUT2D eigenvalue weighted by Crippen LogP contribution is 2.38. The molecule has 0 amide bonds. The average Bonchev–Trinajstić information content (AvgIpc) is 2.41. The van der Waals surface area contributed by atoms with Crippen LogP contribution in [-0.4, -0.2) is 15.0 Å². The minimum absolute atomic E-state index is 0.340. The molecule has 0 saturated carbocycles. The molecule has 1 aromatic carbocycles. The molecule has 0 saturated heterocycles. The van der Waals surface area contributed by atoms with Crippen LogP contribution >= 0.6 is 23.2 Å². The van der Waals surface area contributed by atoms with Gasteiger partial charge in [-0.3, -0.25) is 0 Å². The third-order valence-corrected chi connectivity index (χ3v) is 3.57. The second-order valence-corrected chi connectivity index (χ2v) is 4.87. The van der Waals surface area contributed by atoms with E-state index < -0.39 is 0 Å². The van der Waals surface area contributed by atoms with Gasteiger partial charge in [-0.25, -0.2) is 15.0 Å². The van der Waals surface area contributed by atoms with E-state index in [0.717, 1.165) is 11.1 Å². The van der Waals surface area contributed by atoms with E-state index in [1.165, 1.54) is 0 Å². The van der Waals surface area contributed by atoms with Gasteiger partial charge in [-0.05, 0) is 18.1 Å². The molecule has 0 bridgehead atoms. The largest absolute Gasteiger partial charge is 0.250 e. The molecular formula is C14H9Cl2N3. The maximum atomic E-state index is 6.43. The van der Waals surface area contributed by atoms with Crippen molar-refractivity contribution in [2.75, 3.05) is 0 Å². The number of hydrogen-bond donors (Lipinski definition) is 0. The van der Waals surface area contributed by atoms with Crippen molar-refractivity contribution in [2.45, 2.75) is 6.92 Å². The second-order valence-electron chi connectivity index (χ2n) is 4.14. The van der Waals surface area contributed by atoms with Crippen molar-refractivity contribution in [1.29, 1.82) is 0 Å². The Bertz CT molecular complexity index is 772. The molecule has 19 heavy (non-hydrogen) atoms. The third-order valence-electron chi connectivity index (χ3n) is 2.93. The van der Waals surface area contributed by atoms with Gasteiger partial charge in [0.15, 0.2) is 5.65 Å². The van der Waals surface area contributed by atoms with Crippen molar-refractivity contribution in [3.05, 3.63) is 52.4 Å². The Hall–Kier alpha value is -1.71. The van der Waals surface area contributed by atoms with Crippen LogP contribution in [0.25, 0.3) is 22.3 Å². The molecule has 0 aliphatic carbocycles. The molecule has 5 heteroatoms. The molecule has 3 nitrogen and oxygen atoms in total. The van der Waals surface area contributed by atoms with Gasteiger partial charge in [-0.2, -0.15) is 0 Å². The number of halogens is 2. The first-order chi connectivity index (χ1) is 9.18. The number of rotatable bonds is 1. The van der Waals surface area contributed by atoms with Crippen molar-refractivity contribution in [3.63, 3.8) is 0 Å². The van der Waals surface area contributed by atoms with Crippen molar-refractivity contribution >= 4 is 34.4 Å². The van der Waals surface area contributed by atoms with Gasteiger partial charge >= 0.3 is 0 Å². The highest BCUT2D eigenvalue weighted by atomic mass is 35.5. The zero-order valence-electron chi connectivity index (χ0n) is 10.1. The lowest BCUT2D eigenvalue weighted by Gasteiger charge is -2.10. The molecule has 0 spiro atoms. The first-order valence-electron chi connectivity index (χ1n) is 5.70. The van der Waals surface area contributed by atoms with Crippen molar-refractivity contribution in [1.82, 2.24) is 15.0 Å². The van der Waals surface area contributed by atoms with Crippen LogP contribution in [0.1, 0.15) is 5.56 Å². The van der Waals surface area contributed by atoms with E-state index in [2.05, 4.69) is 15.0 Å². The van der Waals surface area contributed by atoms with Crippen molar-refractivity contribution in [3.8, 4) is 11.1 Å². The van der Waals surface area contributed by atoms with Crippen LogP contribution in [-0.2, 0) is 0 Å². The summed E-state index contributed by atoms with van der Waals surface area (Å²) in [7, 11) is 0. The Morgan fingerprint density at radius 3 is 2.53 bits per heavy atom. The number of benzene rings is 1. The van der Waals surface area contributed by atoms with Crippen LogP contribution < -0.4 is 0 Å². The molecule has 94 valence electrons. The molecule has 3 rings (SSSR count). The molecule has 0 radical (unpaired) electrons. The van der Waals surface area contributed by atoms with Gasteiger partial charge < -0.3 is 0 Å². The summed E-state index contributed by atoms with van der Waals surface area (Å²) >= 11 is 12.7. The Morgan fingerprint density at radius 1 is 1.00 bits per heavy atom. The summed E-state index contributed by atoms with van der Waals surface area (Å²) in [6.45, 7) is 2.00. The molecule has 0 atom stereocenters. The molecule has 0 unspecified atom stereocenters. The number of pyridine rings is 1. The topological polar surface area (TPSA) is 38.7 Å². The molecule has 2 heterocycles. The van der Waals surface area contributed by atoms with Crippen LogP contribution in [0.15, 0.2) is 36.7 Å². The minimum atomic E-state index is 0.340. The first-order valence-corrected chi connectivity index (χ1v) is 6.46. The Labute approximate surface area is 120 Å². The van der Waals surface area contributed by atoms with Gasteiger partial charge in [0.25, 0.3) is 0 Å². The van der Waals surface area contributed by atoms with Gasteiger partial charge in [0.1, 0.15) is 10.7 Å². The standard InChI is InChI=1S/C14H9Cl2N3/c1-8-4-2-3-5-9(8)10-11(15)12-14(19-13(10)16)18-7-6-17-12/h2-7H,1H3. The van der Waals surface area contributed by atoms with Gasteiger partial charge in [0, 0.05) is 18.0 Å². The third kappa shape index (κ3) is 2.05. The maximum Gasteiger partial charge on any atom is 0.181 e. The number of fused-ring (bicyclic) bond motifs is 1. The quantitative estimate of drug-likeness (QED) is 0.627. The Kier molecular flexibility index (Phi) is 3.09. The zero-order chi connectivity index (χ0) is 13.4. The minimum Gasteiger partial charge on any atom is -0.250 e. The predicted molar refractivity (Wildman–Crippen MR) is 77.5 cm³/mol. The van der Waals surface area contributed by atoms with E-state index in [4.69, 9.17) is 23.2 Å². The highest BCUT2D eigenvalue weighted by molar-refractivity contribution is 6.41. The molecule has 3 aromatic rings. The summed E-state index contributed by atoms with van der Waals surface area (Å²) in [6.07, 6.45) is 3.15. The first kappa shape index (κ1) is 12.3. The summed E-state index contributed by atoms with van der Waals surface area (Å²) in [6, 6.07) is 7.87. The predicted octanol–water partition coefficient (Wildman–Crippen LogP) is 4.31. The monoisotopic (exact) mass is 289 g/mol. The molecule has 2 aromatic heterocycles. The number of aromatic nitrogens is 3. The summed E-state index contributed by atoms with van der Waals surface area (Å²) < 4.78 is 0. The summed E-state index contributed by atoms with van der Waals surface area (Å²) in [5.74, 6) is 0. The lowest BCUT2D eigenvalue weighted by molar-refractivity contribution is 1.22. The molecule has 0 N–H and O–H groups in total. The summed E-state index contributed by atoms with van der Waals surface area (Å²) in [5, 5.41) is 0.824. The highest BCUT2D eigenvalue weighted by Gasteiger charge is 2.16. The van der Waals surface area contributed by atoms with Crippen molar-refractivity contribution < 1.29 is 0 Å². The molecular weight excluding hydrogens is 281 g/mol. The molecule has 0 fully saturated rings. The van der Waals surface area contributed by atoms with E-state index in [1.807, 2.05) is 31.2 Å².